The Balaban J connectivity index is 1.90. The van der Waals surface area contributed by atoms with Crippen LogP contribution in [0.15, 0.2) is 42.0 Å². The molecule has 1 aromatic rings. The third-order valence-corrected chi connectivity index (χ3v) is 3.09. The van der Waals surface area contributed by atoms with Gasteiger partial charge in [-0.05, 0) is 18.4 Å². The zero-order valence-corrected chi connectivity index (χ0v) is 9.45. The van der Waals surface area contributed by atoms with E-state index >= 15 is 0 Å². The third kappa shape index (κ3) is 2.93. The van der Waals surface area contributed by atoms with Gasteiger partial charge in [0.15, 0.2) is 0 Å². The first-order valence-corrected chi connectivity index (χ1v) is 5.82. The molecular weight excluding hydrogens is 182 g/mol. The fraction of sp³-hybridized carbons (Fsp3) is 0.429. The summed E-state index contributed by atoms with van der Waals surface area (Å²) in [7, 11) is 0. The van der Waals surface area contributed by atoms with Crippen LogP contribution >= 0.6 is 0 Å². The van der Waals surface area contributed by atoms with Crippen LogP contribution in [-0.4, -0.2) is 18.0 Å². The molecule has 0 spiro atoms. The number of hydrogen-bond acceptors (Lipinski definition) is 1. The van der Waals surface area contributed by atoms with E-state index in [0.717, 1.165) is 13.1 Å². The Labute approximate surface area is 92.4 Å². The van der Waals surface area contributed by atoms with Gasteiger partial charge < -0.3 is 0 Å². The third-order valence-electron chi connectivity index (χ3n) is 3.09. The Bertz CT molecular complexity index is 326. The van der Waals surface area contributed by atoms with Crippen LogP contribution in [0.25, 0.3) is 0 Å². The van der Waals surface area contributed by atoms with E-state index in [1.165, 1.54) is 24.9 Å². The van der Waals surface area contributed by atoms with E-state index in [-0.39, 0.29) is 0 Å². The summed E-state index contributed by atoms with van der Waals surface area (Å²) in [6.07, 6.45) is 4.87. The lowest BCUT2D eigenvalue weighted by Crippen LogP contribution is -2.28. The van der Waals surface area contributed by atoms with Crippen LogP contribution in [-0.2, 0) is 6.54 Å². The van der Waals surface area contributed by atoms with Gasteiger partial charge in [-0.3, -0.25) is 4.90 Å². The van der Waals surface area contributed by atoms with E-state index in [9.17, 15) is 0 Å². The summed E-state index contributed by atoms with van der Waals surface area (Å²) in [5.74, 6) is 0. The highest BCUT2D eigenvalue weighted by molar-refractivity contribution is 5.15. The zero-order valence-electron chi connectivity index (χ0n) is 9.45. The van der Waals surface area contributed by atoms with E-state index in [4.69, 9.17) is 0 Å². The molecule has 0 radical (unpaired) electrons. The maximum absolute atomic E-state index is 2.51. The molecule has 0 bridgehead atoms. The highest BCUT2D eigenvalue weighted by atomic mass is 15.1. The van der Waals surface area contributed by atoms with Gasteiger partial charge in [-0.25, -0.2) is 0 Å². The maximum atomic E-state index is 2.51. The normalized spacial score (nSPS) is 17.5. The largest absolute Gasteiger partial charge is 0.295 e. The van der Waals surface area contributed by atoms with Gasteiger partial charge in [0, 0.05) is 19.6 Å². The first kappa shape index (κ1) is 10.4. The maximum Gasteiger partial charge on any atom is 0.0237 e. The van der Waals surface area contributed by atoms with Gasteiger partial charge in [0.2, 0.25) is 0 Å². The molecule has 80 valence electrons. The van der Waals surface area contributed by atoms with Gasteiger partial charge in [-0.15, -0.1) is 0 Å². The lowest BCUT2D eigenvalue weighted by atomic mass is 10.1. The predicted molar refractivity (Wildman–Crippen MR) is 64.7 cm³/mol. The second kappa shape index (κ2) is 5.13. The van der Waals surface area contributed by atoms with Crippen LogP contribution in [0.1, 0.15) is 25.3 Å². The van der Waals surface area contributed by atoms with Crippen LogP contribution in [0.4, 0.5) is 0 Å². The fourth-order valence-corrected chi connectivity index (χ4v) is 2.06. The Morgan fingerprint density at radius 1 is 1.20 bits per heavy atom. The second-order valence-corrected chi connectivity index (χ2v) is 4.19. The summed E-state index contributed by atoms with van der Waals surface area (Å²) in [4.78, 5) is 2.51. The molecule has 0 atom stereocenters. The van der Waals surface area contributed by atoms with Gasteiger partial charge in [0.1, 0.15) is 0 Å². The molecule has 1 aliphatic rings. The predicted octanol–water partition coefficient (Wildman–Crippen LogP) is 3.23. The molecule has 0 N–H and O–H groups in total. The van der Waals surface area contributed by atoms with Crippen molar-refractivity contribution in [3.8, 4) is 0 Å². The molecule has 0 amide bonds. The summed E-state index contributed by atoms with van der Waals surface area (Å²) in [6.45, 7) is 5.68. The molecule has 0 saturated carbocycles. The van der Waals surface area contributed by atoms with Crippen molar-refractivity contribution < 1.29 is 0 Å². The molecule has 15 heavy (non-hydrogen) atoms. The summed E-state index contributed by atoms with van der Waals surface area (Å²) < 4.78 is 0. The Morgan fingerprint density at radius 3 is 2.60 bits per heavy atom. The molecule has 1 aromatic carbocycles. The molecule has 0 saturated heterocycles. The minimum Gasteiger partial charge on any atom is -0.295 e. The number of rotatable bonds is 3. The van der Waals surface area contributed by atoms with Gasteiger partial charge in [-0.2, -0.15) is 0 Å². The molecule has 0 aromatic heterocycles. The lowest BCUT2D eigenvalue weighted by molar-refractivity contribution is 0.284. The highest BCUT2D eigenvalue weighted by Gasteiger charge is 2.10. The van der Waals surface area contributed by atoms with E-state index in [0.29, 0.717) is 0 Å². The molecule has 2 rings (SSSR count). The van der Waals surface area contributed by atoms with E-state index < -0.39 is 0 Å². The van der Waals surface area contributed by atoms with Crippen molar-refractivity contribution in [3.05, 3.63) is 47.5 Å². The van der Waals surface area contributed by atoms with Crippen LogP contribution in [0.3, 0.4) is 0 Å². The number of hydrogen-bond donors (Lipinski definition) is 0. The summed E-state index contributed by atoms with van der Waals surface area (Å²) in [5, 5.41) is 0. The van der Waals surface area contributed by atoms with E-state index in [1.54, 1.807) is 5.57 Å². The number of benzene rings is 1. The first-order chi connectivity index (χ1) is 7.38. The fourth-order valence-electron chi connectivity index (χ4n) is 2.06. The molecule has 1 heteroatoms. The summed E-state index contributed by atoms with van der Waals surface area (Å²) in [6, 6.07) is 10.7. The molecule has 0 fully saturated rings. The first-order valence-electron chi connectivity index (χ1n) is 5.82. The highest BCUT2D eigenvalue weighted by Crippen LogP contribution is 2.15. The quantitative estimate of drug-likeness (QED) is 0.679. The van der Waals surface area contributed by atoms with Gasteiger partial charge in [0.25, 0.3) is 0 Å². The second-order valence-electron chi connectivity index (χ2n) is 4.19. The van der Waals surface area contributed by atoms with Gasteiger partial charge in [0.05, 0.1) is 0 Å². The van der Waals surface area contributed by atoms with Gasteiger partial charge >= 0.3 is 0 Å². The molecule has 1 heterocycles. The Morgan fingerprint density at radius 2 is 2.00 bits per heavy atom. The summed E-state index contributed by atoms with van der Waals surface area (Å²) >= 11 is 0. The monoisotopic (exact) mass is 201 g/mol. The van der Waals surface area contributed by atoms with Crippen molar-refractivity contribution in [2.75, 3.05) is 13.1 Å². The SMILES string of the molecule is CCC1=CCN(Cc2ccccc2)CC1. The van der Waals surface area contributed by atoms with Crippen LogP contribution < -0.4 is 0 Å². The standard InChI is InChI=1S/C14H19N/c1-2-13-8-10-15(11-9-13)12-14-6-4-3-5-7-14/h3-8H,2,9-12H2,1H3. The van der Waals surface area contributed by atoms with Crippen molar-refractivity contribution >= 4 is 0 Å². The van der Waals surface area contributed by atoms with Crippen LogP contribution in [0, 0.1) is 0 Å². The summed E-state index contributed by atoms with van der Waals surface area (Å²) in [5.41, 5.74) is 3.05. The minimum atomic E-state index is 1.09. The van der Waals surface area contributed by atoms with Crippen molar-refractivity contribution in [2.45, 2.75) is 26.3 Å². The molecule has 1 nitrogen and oxygen atoms in total. The topological polar surface area (TPSA) is 3.24 Å². The Hall–Kier alpha value is -1.08. The average molecular weight is 201 g/mol. The molecule has 0 unspecified atom stereocenters. The van der Waals surface area contributed by atoms with Crippen molar-refractivity contribution in [1.82, 2.24) is 4.90 Å². The molecular formula is C14H19N. The van der Waals surface area contributed by atoms with Crippen molar-refractivity contribution in [1.29, 1.82) is 0 Å². The Kier molecular flexibility index (Phi) is 3.57. The minimum absolute atomic E-state index is 1.09. The van der Waals surface area contributed by atoms with Crippen molar-refractivity contribution in [3.63, 3.8) is 0 Å². The van der Waals surface area contributed by atoms with E-state index in [1.807, 2.05) is 0 Å². The van der Waals surface area contributed by atoms with Gasteiger partial charge in [-0.1, -0.05) is 48.9 Å². The van der Waals surface area contributed by atoms with Crippen molar-refractivity contribution in [2.24, 2.45) is 0 Å². The van der Waals surface area contributed by atoms with E-state index in [2.05, 4.69) is 48.2 Å². The molecule has 1 aliphatic heterocycles. The lowest BCUT2D eigenvalue weighted by Gasteiger charge is -2.25. The average Bonchev–Trinajstić information content (AvgIpc) is 2.31. The van der Waals surface area contributed by atoms with Crippen LogP contribution in [0.2, 0.25) is 0 Å². The molecule has 0 aliphatic carbocycles. The number of nitrogens with zero attached hydrogens (tertiary/aromatic N) is 1. The van der Waals surface area contributed by atoms with Crippen LogP contribution in [0.5, 0.6) is 0 Å². The zero-order chi connectivity index (χ0) is 10.5. The smallest absolute Gasteiger partial charge is 0.0237 e.